The number of pyridine rings is 1. The van der Waals surface area contributed by atoms with Gasteiger partial charge in [-0.2, -0.15) is 0 Å². The van der Waals surface area contributed by atoms with Crippen LogP contribution in [0.5, 0.6) is 0 Å². The normalized spacial score (nSPS) is 19.2. The number of benzene rings is 1. The third kappa shape index (κ3) is 2.57. The molecule has 1 saturated heterocycles. The Morgan fingerprint density at radius 1 is 1.45 bits per heavy atom. The Hall–Kier alpha value is -1.43. The monoisotopic (exact) mass is 307 g/mol. The van der Waals surface area contributed by atoms with E-state index in [0.29, 0.717) is 23.2 Å². The summed E-state index contributed by atoms with van der Waals surface area (Å²) in [4.78, 5) is 6.99. The SMILES string of the molecule is NC(=S)C1CN(c2ccnc3cc(Cl)ccc23)CCO1. The Kier molecular flexibility index (Phi) is 3.74. The van der Waals surface area contributed by atoms with Crippen LogP contribution < -0.4 is 10.6 Å². The topological polar surface area (TPSA) is 51.4 Å². The van der Waals surface area contributed by atoms with Crippen LogP contribution >= 0.6 is 23.8 Å². The maximum Gasteiger partial charge on any atom is 0.125 e. The van der Waals surface area contributed by atoms with Crippen LogP contribution in [0.2, 0.25) is 5.02 Å². The quantitative estimate of drug-likeness (QED) is 0.863. The van der Waals surface area contributed by atoms with Crippen molar-refractivity contribution in [1.82, 2.24) is 4.98 Å². The number of aromatic nitrogens is 1. The first-order valence-corrected chi connectivity index (χ1v) is 7.14. The van der Waals surface area contributed by atoms with Crippen molar-refractivity contribution in [2.75, 3.05) is 24.6 Å². The number of ether oxygens (including phenoxy) is 1. The lowest BCUT2D eigenvalue weighted by molar-refractivity contribution is 0.0848. The summed E-state index contributed by atoms with van der Waals surface area (Å²) in [6.07, 6.45) is 1.59. The standard InChI is InChI=1S/C14H14ClN3OS/c15-9-1-2-10-11(7-9)17-4-3-12(10)18-5-6-19-13(8-18)14(16)20/h1-4,7,13H,5-6,8H2,(H2,16,20). The van der Waals surface area contributed by atoms with E-state index in [1.165, 1.54) is 0 Å². The Labute approximate surface area is 127 Å². The van der Waals surface area contributed by atoms with Crippen LogP contribution in [0.3, 0.4) is 0 Å². The minimum Gasteiger partial charge on any atom is -0.391 e. The number of thiocarbonyl (C=S) groups is 1. The van der Waals surface area contributed by atoms with Crippen molar-refractivity contribution in [1.29, 1.82) is 0 Å². The molecule has 1 unspecified atom stereocenters. The van der Waals surface area contributed by atoms with Gasteiger partial charge in [0.1, 0.15) is 11.1 Å². The minimum absolute atomic E-state index is 0.200. The van der Waals surface area contributed by atoms with Gasteiger partial charge in [-0.25, -0.2) is 0 Å². The fourth-order valence-corrected chi connectivity index (χ4v) is 2.73. The molecule has 6 heteroatoms. The number of morpholine rings is 1. The molecule has 20 heavy (non-hydrogen) atoms. The largest absolute Gasteiger partial charge is 0.391 e. The van der Waals surface area contributed by atoms with Crippen molar-refractivity contribution in [2.45, 2.75) is 6.10 Å². The Morgan fingerprint density at radius 2 is 2.30 bits per heavy atom. The lowest BCUT2D eigenvalue weighted by Gasteiger charge is -2.34. The molecule has 2 aromatic rings. The maximum atomic E-state index is 6.01. The second kappa shape index (κ2) is 5.52. The molecule has 0 bridgehead atoms. The molecule has 1 aliphatic rings. The number of hydrogen-bond donors (Lipinski definition) is 1. The van der Waals surface area contributed by atoms with E-state index in [-0.39, 0.29) is 6.10 Å². The predicted octanol–water partition coefficient (Wildman–Crippen LogP) is 2.38. The van der Waals surface area contributed by atoms with Crippen molar-refractivity contribution in [2.24, 2.45) is 5.73 Å². The molecule has 2 N–H and O–H groups in total. The van der Waals surface area contributed by atoms with Gasteiger partial charge in [-0.1, -0.05) is 23.8 Å². The van der Waals surface area contributed by atoms with E-state index in [1.54, 1.807) is 6.20 Å². The van der Waals surface area contributed by atoms with Gasteiger partial charge in [-0.05, 0) is 24.3 Å². The molecule has 2 heterocycles. The van der Waals surface area contributed by atoms with E-state index >= 15 is 0 Å². The van der Waals surface area contributed by atoms with Crippen LogP contribution in [0.15, 0.2) is 30.5 Å². The molecule has 1 atom stereocenters. The van der Waals surface area contributed by atoms with Crippen LogP contribution in [-0.4, -0.2) is 35.8 Å². The number of nitrogens with two attached hydrogens (primary N) is 1. The first-order valence-electron chi connectivity index (χ1n) is 6.35. The number of hydrogen-bond acceptors (Lipinski definition) is 4. The summed E-state index contributed by atoms with van der Waals surface area (Å²) in [6, 6.07) is 7.73. The molecule has 104 valence electrons. The van der Waals surface area contributed by atoms with Crippen LogP contribution in [0, 0.1) is 0 Å². The summed E-state index contributed by atoms with van der Waals surface area (Å²) in [7, 11) is 0. The fraction of sp³-hybridized carbons (Fsp3) is 0.286. The molecule has 3 rings (SSSR count). The molecule has 1 aliphatic heterocycles. The zero-order chi connectivity index (χ0) is 14.1. The molecule has 1 aromatic carbocycles. The van der Waals surface area contributed by atoms with Crippen LogP contribution in [-0.2, 0) is 4.74 Å². The van der Waals surface area contributed by atoms with Gasteiger partial charge in [0, 0.05) is 28.8 Å². The number of halogens is 1. The molecular formula is C14H14ClN3OS. The first kappa shape index (κ1) is 13.5. The smallest absolute Gasteiger partial charge is 0.125 e. The summed E-state index contributed by atoms with van der Waals surface area (Å²) >= 11 is 11.0. The summed E-state index contributed by atoms with van der Waals surface area (Å²) in [5.74, 6) is 0. The Balaban J connectivity index is 1.99. The zero-order valence-corrected chi connectivity index (χ0v) is 12.3. The van der Waals surface area contributed by atoms with Gasteiger partial charge >= 0.3 is 0 Å². The molecule has 0 saturated carbocycles. The molecule has 4 nitrogen and oxygen atoms in total. The van der Waals surface area contributed by atoms with Crippen LogP contribution in [0.25, 0.3) is 10.9 Å². The highest BCUT2D eigenvalue weighted by Gasteiger charge is 2.23. The summed E-state index contributed by atoms with van der Waals surface area (Å²) in [5, 5.41) is 1.76. The van der Waals surface area contributed by atoms with Gasteiger partial charge in [-0.15, -0.1) is 0 Å². The van der Waals surface area contributed by atoms with E-state index in [4.69, 9.17) is 34.3 Å². The average Bonchev–Trinajstić information content (AvgIpc) is 2.46. The predicted molar refractivity (Wildman–Crippen MR) is 85.5 cm³/mol. The van der Waals surface area contributed by atoms with Crippen molar-refractivity contribution in [3.8, 4) is 0 Å². The Morgan fingerprint density at radius 3 is 3.10 bits per heavy atom. The fourth-order valence-electron chi connectivity index (χ4n) is 2.42. The lowest BCUT2D eigenvalue weighted by Crippen LogP contribution is -2.47. The van der Waals surface area contributed by atoms with E-state index in [0.717, 1.165) is 23.1 Å². The van der Waals surface area contributed by atoms with E-state index in [9.17, 15) is 0 Å². The van der Waals surface area contributed by atoms with Gasteiger partial charge in [0.15, 0.2) is 0 Å². The number of anilines is 1. The van der Waals surface area contributed by atoms with E-state index in [2.05, 4.69) is 9.88 Å². The van der Waals surface area contributed by atoms with Crippen LogP contribution in [0.4, 0.5) is 5.69 Å². The lowest BCUT2D eigenvalue weighted by atomic mass is 10.1. The van der Waals surface area contributed by atoms with Crippen molar-refractivity contribution in [3.05, 3.63) is 35.5 Å². The second-order valence-corrected chi connectivity index (χ2v) is 5.61. The summed E-state index contributed by atoms with van der Waals surface area (Å²) < 4.78 is 5.58. The first-order chi connectivity index (χ1) is 9.65. The van der Waals surface area contributed by atoms with E-state index < -0.39 is 0 Å². The molecule has 1 aromatic heterocycles. The molecule has 0 aliphatic carbocycles. The van der Waals surface area contributed by atoms with Crippen molar-refractivity contribution < 1.29 is 4.74 Å². The summed E-state index contributed by atoms with van der Waals surface area (Å²) in [6.45, 7) is 2.08. The molecule has 0 radical (unpaired) electrons. The highest BCUT2D eigenvalue weighted by Crippen LogP contribution is 2.28. The third-order valence-electron chi connectivity index (χ3n) is 3.41. The third-order valence-corrected chi connectivity index (χ3v) is 3.90. The Bertz CT molecular complexity index is 664. The minimum atomic E-state index is -0.200. The van der Waals surface area contributed by atoms with Gasteiger partial charge in [0.25, 0.3) is 0 Å². The van der Waals surface area contributed by atoms with Crippen molar-refractivity contribution >= 4 is 45.4 Å². The number of nitrogens with zero attached hydrogens (tertiary/aromatic N) is 2. The summed E-state index contributed by atoms with van der Waals surface area (Å²) in [5.41, 5.74) is 7.68. The average molecular weight is 308 g/mol. The van der Waals surface area contributed by atoms with E-state index in [1.807, 2.05) is 24.3 Å². The van der Waals surface area contributed by atoms with Crippen LogP contribution in [0.1, 0.15) is 0 Å². The molecule has 0 amide bonds. The van der Waals surface area contributed by atoms with Gasteiger partial charge < -0.3 is 15.4 Å². The molecule has 1 fully saturated rings. The molecule has 0 spiro atoms. The number of rotatable bonds is 2. The van der Waals surface area contributed by atoms with Gasteiger partial charge in [-0.3, -0.25) is 4.98 Å². The second-order valence-electron chi connectivity index (χ2n) is 4.70. The zero-order valence-electron chi connectivity index (χ0n) is 10.8. The highest BCUT2D eigenvalue weighted by atomic mass is 35.5. The highest BCUT2D eigenvalue weighted by molar-refractivity contribution is 7.80. The number of fused-ring (bicyclic) bond motifs is 1. The maximum absolute atomic E-state index is 6.01. The van der Waals surface area contributed by atoms with Gasteiger partial charge in [0.2, 0.25) is 0 Å². The van der Waals surface area contributed by atoms with Crippen molar-refractivity contribution in [3.63, 3.8) is 0 Å². The van der Waals surface area contributed by atoms with Gasteiger partial charge in [0.05, 0.1) is 18.7 Å². The molecular weight excluding hydrogens is 294 g/mol.